The zero-order valence-electron chi connectivity index (χ0n) is 11.8. The molecule has 0 amide bonds. The van der Waals surface area contributed by atoms with Crippen molar-refractivity contribution in [3.8, 4) is 5.75 Å². The lowest BCUT2D eigenvalue weighted by Gasteiger charge is -2.16. The van der Waals surface area contributed by atoms with Crippen molar-refractivity contribution in [1.82, 2.24) is 5.32 Å². The van der Waals surface area contributed by atoms with Gasteiger partial charge in [-0.2, -0.15) is 0 Å². The van der Waals surface area contributed by atoms with E-state index in [4.69, 9.17) is 9.84 Å². The molecule has 1 atom stereocenters. The Hall–Kier alpha value is -1.13. The summed E-state index contributed by atoms with van der Waals surface area (Å²) in [5.74, 6) is 0.739. The van der Waals surface area contributed by atoms with Crippen LogP contribution in [-0.4, -0.2) is 25.4 Å². The van der Waals surface area contributed by atoms with Gasteiger partial charge in [-0.1, -0.05) is 19.4 Å². The Balaban J connectivity index is 2.43. The summed E-state index contributed by atoms with van der Waals surface area (Å²) in [6.45, 7) is 3.65. The molecule has 1 rings (SSSR count). The molecule has 2 N–H and O–H groups in total. The molecule has 0 saturated carbocycles. The van der Waals surface area contributed by atoms with E-state index >= 15 is 0 Å². The van der Waals surface area contributed by atoms with Gasteiger partial charge in [0.2, 0.25) is 0 Å². The van der Waals surface area contributed by atoms with Gasteiger partial charge < -0.3 is 15.2 Å². The third kappa shape index (κ3) is 5.57. The second-order valence-corrected chi connectivity index (χ2v) is 4.76. The van der Waals surface area contributed by atoms with Gasteiger partial charge in [0.1, 0.15) is 11.6 Å². The molecule has 0 radical (unpaired) electrons. The first-order chi connectivity index (χ1) is 9.21. The standard InChI is InChI=1S/C15H24FNO2/c1-3-4-12(7-8-18)10-17-11-13-5-6-14(19-2)9-15(13)16/h5-6,9,12,17-18H,3-4,7-8,10-11H2,1-2H3. The van der Waals surface area contributed by atoms with Gasteiger partial charge in [0.15, 0.2) is 0 Å². The first-order valence-corrected chi connectivity index (χ1v) is 6.85. The molecule has 0 aromatic heterocycles. The molecular weight excluding hydrogens is 245 g/mol. The van der Waals surface area contributed by atoms with Crippen LogP contribution in [0.25, 0.3) is 0 Å². The van der Waals surface area contributed by atoms with E-state index in [1.165, 1.54) is 13.2 Å². The fraction of sp³-hybridized carbons (Fsp3) is 0.600. The maximum atomic E-state index is 13.7. The quantitative estimate of drug-likeness (QED) is 0.724. The molecule has 0 saturated heterocycles. The van der Waals surface area contributed by atoms with Crippen LogP contribution >= 0.6 is 0 Å². The second kappa shape index (κ2) is 8.88. The number of methoxy groups -OCH3 is 1. The number of ether oxygens (including phenoxy) is 1. The lowest BCUT2D eigenvalue weighted by atomic mass is 10.0. The summed E-state index contributed by atoms with van der Waals surface area (Å²) in [6.07, 6.45) is 2.98. The first-order valence-electron chi connectivity index (χ1n) is 6.85. The van der Waals surface area contributed by atoms with Crippen molar-refractivity contribution < 1.29 is 14.2 Å². The number of aliphatic hydroxyl groups excluding tert-OH is 1. The molecule has 3 nitrogen and oxygen atoms in total. The van der Waals surface area contributed by atoms with E-state index < -0.39 is 0 Å². The molecule has 0 bridgehead atoms. The fourth-order valence-corrected chi connectivity index (χ4v) is 2.15. The lowest BCUT2D eigenvalue weighted by Crippen LogP contribution is -2.23. The molecule has 4 heteroatoms. The van der Waals surface area contributed by atoms with Gasteiger partial charge in [0, 0.05) is 24.8 Å². The van der Waals surface area contributed by atoms with Crippen LogP contribution in [0.15, 0.2) is 18.2 Å². The molecule has 0 aliphatic rings. The predicted molar refractivity (Wildman–Crippen MR) is 74.8 cm³/mol. The third-order valence-electron chi connectivity index (χ3n) is 3.24. The molecule has 0 spiro atoms. The summed E-state index contributed by atoms with van der Waals surface area (Å²) in [5.41, 5.74) is 0.639. The van der Waals surface area contributed by atoms with Crippen molar-refractivity contribution in [2.75, 3.05) is 20.3 Å². The van der Waals surface area contributed by atoms with Gasteiger partial charge in [-0.05, 0) is 31.4 Å². The maximum Gasteiger partial charge on any atom is 0.131 e. The average Bonchev–Trinajstić information content (AvgIpc) is 2.41. The minimum atomic E-state index is -0.249. The Morgan fingerprint density at radius 2 is 2.16 bits per heavy atom. The van der Waals surface area contributed by atoms with Crippen LogP contribution in [0.3, 0.4) is 0 Å². The van der Waals surface area contributed by atoms with Gasteiger partial charge in [-0.3, -0.25) is 0 Å². The van der Waals surface area contributed by atoms with E-state index in [1.807, 2.05) is 0 Å². The molecule has 1 unspecified atom stereocenters. The first kappa shape index (κ1) is 15.9. The van der Waals surface area contributed by atoms with E-state index in [2.05, 4.69) is 12.2 Å². The van der Waals surface area contributed by atoms with Crippen LogP contribution in [0.2, 0.25) is 0 Å². The summed E-state index contributed by atoms with van der Waals surface area (Å²) in [7, 11) is 1.52. The Bertz CT molecular complexity index is 365. The van der Waals surface area contributed by atoms with Crippen molar-refractivity contribution in [3.63, 3.8) is 0 Å². The van der Waals surface area contributed by atoms with Crippen LogP contribution < -0.4 is 10.1 Å². The van der Waals surface area contributed by atoms with E-state index in [9.17, 15) is 4.39 Å². The summed E-state index contributed by atoms with van der Waals surface area (Å²) >= 11 is 0. The highest BCUT2D eigenvalue weighted by atomic mass is 19.1. The molecule has 1 aromatic carbocycles. The molecule has 1 aromatic rings. The Morgan fingerprint density at radius 3 is 2.74 bits per heavy atom. The van der Waals surface area contributed by atoms with Gasteiger partial charge in [-0.25, -0.2) is 4.39 Å². The largest absolute Gasteiger partial charge is 0.497 e. The van der Waals surface area contributed by atoms with Gasteiger partial charge in [0.05, 0.1) is 7.11 Å². The number of halogens is 1. The van der Waals surface area contributed by atoms with Crippen LogP contribution in [0.1, 0.15) is 31.7 Å². The average molecular weight is 269 g/mol. The van der Waals surface area contributed by atoms with Crippen molar-refractivity contribution in [2.45, 2.75) is 32.7 Å². The number of benzene rings is 1. The van der Waals surface area contributed by atoms with E-state index in [0.29, 0.717) is 23.8 Å². The normalized spacial score (nSPS) is 12.4. The highest BCUT2D eigenvalue weighted by Gasteiger charge is 2.08. The molecule has 0 fully saturated rings. The summed E-state index contributed by atoms with van der Waals surface area (Å²) in [4.78, 5) is 0. The summed E-state index contributed by atoms with van der Waals surface area (Å²) in [6, 6.07) is 4.90. The van der Waals surface area contributed by atoms with Gasteiger partial charge in [0.25, 0.3) is 0 Å². The summed E-state index contributed by atoms with van der Waals surface area (Å²) < 4.78 is 18.7. The van der Waals surface area contributed by atoms with Gasteiger partial charge in [-0.15, -0.1) is 0 Å². The van der Waals surface area contributed by atoms with Crippen molar-refractivity contribution in [3.05, 3.63) is 29.6 Å². The van der Waals surface area contributed by atoms with Crippen LogP contribution in [0.4, 0.5) is 4.39 Å². The maximum absolute atomic E-state index is 13.7. The van der Waals surface area contributed by atoms with Crippen molar-refractivity contribution in [1.29, 1.82) is 0 Å². The lowest BCUT2D eigenvalue weighted by molar-refractivity contribution is 0.248. The molecule has 108 valence electrons. The van der Waals surface area contributed by atoms with E-state index in [1.54, 1.807) is 12.1 Å². The zero-order valence-corrected chi connectivity index (χ0v) is 11.8. The number of aliphatic hydroxyl groups is 1. The number of hydrogen-bond donors (Lipinski definition) is 2. The highest BCUT2D eigenvalue weighted by molar-refractivity contribution is 5.28. The van der Waals surface area contributed by atoms with Crippen LogP contribution in [0, 0.1) is 11.7 Å². The summed E-state index contributed by atoms with van der Waals surface area (Å²) in [5, 5.41) is 12.2. The van der Waals surface area contributed by atoms with Crippen LogP contribution in [-0.2, 0) is 6.54 Å². The van der Waals surface area contributed by atoms with E-state index in [0.717, 1.165) is 25.8 Å². The number of hydrogen-bond acceptors (Lipinski definition) is 3. The Kier molecular flexibility index (Phi) is 7.45. The Morgan fingerprint density at radius 1 is 1.37 bits per heavy atom. The van der Waals surface area contributed by atoms with Crippen molar-refractivity contribution in [2.24, 2.45) is 5.92 Å². The van der Waals surface area contributed by atoms with Gasteiger partial charge >= 0.3 is 0 Å². The minimum absolute atomic E-state index is 0.212. The SMILES string of the molecule is CCCC(CCO)CNCc1ccc(OC)cc1F. The smallest absolute Gasteiger partial charge is 0.131 e. The molecule has 0 aliphatic heterocycles. The zero-order chi connectivity index (χ0) is 14.1. The number of rotatable bonds is 9. The highest BCUT2D eigenvalue weighted by Crippen LogP contribution is 2.16. The Labute approximate surface area is 114 Å². The predicted octanol–water partition coefficient (Wildman–Crippen LogP) is 2.72. The minimum Gasteiger partial charge on any atom is -0.497 e. The second-order valence-electron chi connectivity index (χ2n) is 4.76. The molecule has 0 aliphatic carbocycles. The van der Waals surface area contributed by atoms with E-state index in [-0.39, 0.29) is 12.4 Å². The number of nitrogens with one attached hydrogen (secondary N) is 1. The van der Waals surface area contributed by atoms with Crippen LogP contribution in [0.5, 0.6) is 5.75 Å². The molecular formula is C15H24FNO2. The van der Waals surface area contributed by atoms with Crippen molar-refractivity contribution >= 4 is 0 Å². The fourth-order valence-electron chi connectivity index (χ4n) is 2.15. The molecule has 19 heavy (non-hydrogen) atoms. The topological polar surface area (TPSA) is 41.5 Å². The molecule has 0 heterocycles. The third-order valence-corrected chi connectivity index (χ3v) is 3.24. The monoisotopic (exact) mass is 269 g/mol.